The van der Waals surface area contributed by atoms with Gasteiger partial charge in [0, 0.05) is 11.1 Å². The van der Waals surface area contributed by atoms with Crippen molar-refractivity contribution in [3.8, 4) is 0 Å². The number of fused-ring (bicyclic) bond motifs is 5. The van der Waals surface area contributed by atoms with Gasteiger partial charge >= 0.3 is 0 Å². The summed E-state index contributed by atoms with van der Waals surface area (Å²) in [5.74, 6) is 1.54. The molecule has 0 aliphatic heterocycles. The number of ketones is 1. The third-order valence-corrected chi connectivity index (χ3v) is 8.96. The maximum atomic E-state index is 11.8. The summed E-state index contributed by atoms with van der Waals surface area (Å²) in [4.78, 5) is 23.4. The number of Topliss-reactive ketones (excluding diaryl/α,β-unsaturated/α-hetero) is 1. The van der Waals surface area contributed by atoms with Gasteiger partial charge in [0.2, 0.25) is 5.91 Å². The van der Waals surface area contributed by atoms with Crippen LogP contribution in [0, 0.1) is 23.2 Å². The van der Waals surface area contributed by atoms with Crippen molar-refractivity contribution in [2.45, 2.75) is 64.4 Å². The zero-order valence-corrected chi connectivity index (χ0v) is 19.0. The lowest BCUT2D eigenvalue weighted by Gasteiger charge is -2.50. The fraction of sp³-hybridized carbons (Fsp3) is 0.500. The van der Waals surface area contributed by atoms with E-state index < -0.39 is 5.91 Å². The first kappa shape index (κ1) is 21.4. The zero-order chi connectivity index (χ0) is 22.6. The number of carbonyl (C=O) groups is 2. The number of aliphatic hydroxyl groups excluding tert-OH is 1. The van der Waals surface area contributed by atoms with Crippen molar-refractivity contribution < 1.29 is 14.7 Å². The van der Waals surface area contributed by atoms with Crippen LogP contribution in [0.25, 0.3) is 0 Å². The minimum absolute atomic E-state index is 0.0516. The van der Waals surface area contributed by atoms with Gasteiger partial charge in [0.25, 0.3) is 0 Å². The molecule has 3 aliphatic carbocycles. The summed E-state index contributed by atoms with van der Waals surface area (Å²) in [6.07, 6.45) is 5.77. The number of hydrogen-bond acceptors (Lipinski definition) is 3. The molecular weight excluding hydrogens is 398 g/mol. The highest BCUT2D eigenvalue weighted by Gasteiger charge is 2.57. The molecular formula is C28H33NO3. The Balaban J connectivity index is 1.39. The molecule has 4 nitrogen and oxygen atoms in total. The summed E-state index contributed by atoms with van der Waals surface area (Å²) in [6, 6.07) is 13.9. The van der Waals surface area contributed by atoms with E-state index in [-0.39, 0.29) is 23.2 Å². The van der Waals surface area contributed by atoms with E-state index in [0.717, 1.165) is 49.7 Å². The topological polar surface area (TPSA) is 80.4 Å². The van der Waals surface area contributed by atoms with Crippen molar-refractivity contribution >= 4 is 11.7 Å². The van der Waals surface area contributed by atoms with E-state index in [0.29, 0.717) is 23.3 Å². The molecule has 0 spiro atoms. The second-order valence-electron chi connectivity index (χ2n) is 10.6. The van der Waals surface area contributed by atoms with Gasteiger partial charge in [-0.05, 0) is 109 Å². The first-order valence-electron chi connectivity index (χ1n) is 12.0. The summed E-state index contributed by atoms with van der Waals surface area (Å²) in [5, 5.41) is 11.4. The Morgan fingerprint density at radius 1 is 1.12 bits per heavy atom. The number of amides is 1. The molecule has 3 aliphatic rings. The fourth-order valence-electron chi connectivity index (χ4n) is 7.30. The SMILES string of the molecule is CC(=O)c1ccc2c(c1)CCC1C2CC[C@@]2(C)C1C[C@H](Cc1cccc(C(N)=O)c1)[C@@H]2O. The van der Waals surface area contributed by atoms with Gasteiger partial charge < -0.3 is 10.8 Å². The molecule has 2 fully saturated rings. The Morgan fingerprint density at radius 3 is 2.69 bits per heavy atom. The predicted octanol–water partition coefficient (Wildman–Crippen LogP) is 4.67. The molecule has 2 aromatic carbocycles. The Bertz CT molecular complexity index is 1080. The second-order valence-corrected chi connectivity index (χ2v) is 10.6. The largest absolute Gasteiger partial charge is 0.392 e. The van der Waals surface area contributed by atoms with Crippen LogP contribution in [0.3, 0.4) is 0 Å². The third-order valence-electron chi connectivity index (χ3n) is 8.96. The molecule has 0 aromatic heterocycles. The van der Waals surface area contributed by atoms with E-state index in [2.05, 4.69) is 19.1 Å². The van der Waals surface area contributed by atoms with E-state index in [9.17, 15) is 14.7 Å². The number of hydrogen-bond donors (Lipinski definition) is 2. The van der Waals surface area contributed by atoms with Crippen molar-refractivity contribution in [1.82, 2.24) is 0 Å². The minimum Gasteiger partial charge on any atom is -0.392 e. The molecule has 0 heterocycles. The maximum Gasteiger partial charge on any atom is 0.248 e. The summed E-state index contributed by atoms with van der Waals surface area (Å²) in [7, 11) is 0. The Kier molecular flexibility index (Phi) is 5.24. The summed E-state index contributed by atoms with van der Waals surface area (Å²) in [6.45, 7) is 3.94. The molecule has 0 radical (unpaired) electrons. The van der Waals surface area contributed by atoms with Crippen LogP contribution in [0.4, 0.5) is 0 Å². The monoisotopic (exact) mass is 431 g/mol. The standard InChI is InChI=1S/C28H33NO3/c1-16(30)18-6-8-22-19(14-18)7-9-24-23(22)10-11-28(2)25(24)15-21(26(28)31)13-17-4-3-5-20(12-17)27(29)32/h3-6,8,12,14,21,23-26,31H,7,9-11,13,15H2,1-2H3,(H2,29,32)/t21-,23?,24?,25?,26-,28-/m0/s1. The first-order valence-corrected chi connectivity index (χ1v) is 12.0. The van der Waals surface area contributed by atoms with E-state index >= 15 is 0 Å². The lowest BCUT2D eigenvalue weighted by molar-refractivity contribution is -0.0325. The summed E-state index contributed by atoms with van der Waals surface area (Å²) in [5.41, 5.74) is 10.6. The molecule has 2 saturated carbocycles. The van der Waals surface area contributed by atoms with Gasteiger partial charge in [0.05, 0.1) is 6.10 Å². The highest BCUT2D eigenvalue weighted by Crippen LogP contribution is 2.62. The van der Waals surface area contributed by atoms with Gasteiger partial charge in [-0.1, -0.05) is 31.2 Å². The van der Waals surface area contributed by atoms with Crippen molar-refractivity contribution in [1.29, 1.82) is 0 Å². The van der Waals surface area contributed by atoms with Gasteiger partial charge in [-0.25, -0.2) is 0 Å². The minimum atomic E-state index is -0.406. The van der Waals surface area contributed by atoms with Crippen LogP contribution in [0.1, 0.15) is 82.9 Å². The van der Waals surface area contributed by atoms with Gasteiger partial charge in [0.1, 0.15) is 0 Å². The molecule has 2 aromatic rings. The van der Waals surface area contributed by atoms with Crippen molar-refractivity contribution in [2.75, 3.05) is 0 Å². The quantitative estimate of drug-likeness (QED) is 0.690. The van der Waals surface area contributed by atoms with Crippen LogP contribution in [0.15, 0.2) is 42.5 Å². The number of nitrogens with two attached hydrogens (primary N) is 1. The van der Waals surface area contributed by atoms with Crippen LogP contribution in [0.5, 0.6) is 0 Å². The lowest BCUT2D eigenvalue weighted by atomic mass is 9.55. The average Bonchev–Trinajstić information content (AvgIpc) is 3.03. The van der Waals surface area contributed by atoms with Crippen LogP contribution >= 0.6 is 0 Å². The lowest BCUT2D eigenvalue weighted by Crippen LogP contribution is -2.44. The summed E-state index contributed by atoms with van der Waals surface area (Å²) >= 11 is 0. The highest BCUT2D eigenvalue weighted by molar-refractivity contribution is 5.94. The molecule has 32 heavy (non-hydrogen) atoms. The van der Waals surface area contributed by atoms with E-state index in [1.54, 1.807) is 13.0 Å². The molecule has 0 bridgehead atoms. The van der Waals surface area contributed by atoms with Crippen LogP contribution < -0.4 is 5.73 Å². The van der Waals surface area contributed by atoms with E-state index in [1.807, 2.05) is 24.3 Å². The third kappa shape index (κ3) is 3.40. The normalized spacial score (nSPS) is 33.2. The number of aliphatic hydroxyl groups is 1. The van der Waals surface area contributed by atoms with Gasteiger partial charge in [-0.2, -0.15) is 0 Å². The van der Waals surface area contributed by atoms with Gasteiger partial charge in [-0.3, -0.25) is 9.59 Å². The zero-order valence-electron chi connectivity index (χ0n) is 19.0. The van der Waals surface area contributed by atoms with E-state index in [1.165, 1.54) is 11.1 Å². The number of rotatable bonds is 4. The van der Waals surface area contributed by atoms with Crippen molar-refractivity contribution in [3.05, 3.63) is 70.3 Å². The van der Waals surface area contributed by atoms with Crippen molar-refractivity contribution in [3.63, 3.8) is 0 Å². The first-order chi connectivity index (χ1) is 15.3. The van der Waals surface area contributed by atoms with Gasteiger partial charge in [0.15, 0.2) is 5.78 Å². The van der Waals surface area contributed by atoms with Crippen LogP contribution in [0.2, 0.25) is 0 Å². The predicted molar refractivity (Wildman–Crippen MR) is 125 cm³/mol. The van der Waals surface area contributed by atoms with Gasteiger partial charge in [-0.15, -0.1) is 0 Å². The molecule has 6 atom stereocenters. The summed E-state index contributed by atoms with van der Waals surface area (Å²) < 4.78 is 0. The maximum absolute atomic E-state index is 11.8. The Morgan fingerprint density at radius 2 is 1.94 bits per heavy atom. The molecule has 1 amide bonds. The highest BCUT2D eigenvalue weighted by atomic mass is 16.3. The molecule has 0 saturated heterocycles. The molecule has 4 heteroatoms. The Labute approximate surface area is 190 Å². The fourth-order valence-corrected chi connectivity index (χ4v) is 7.30. The van der Waals surface area contributed by atoms with E-state index in [4.69, 9.17) is 5.73 Å². The number of aryl methyl sites for hydroxylation is 1. The molecule has 168 valence electrons. The average molecular weight is 432 g/mol. The number of carbonyl (C=O) groups excluding carboxylic acids is 2. The number of benzene rings is 2. The smallest absolute Gasteiger partial charge is 0.248 e. The Hall–Kier alpha value is -2.46. The second kappa shape index (κ2) is 7.84. The van der Waals surface area contributed by atoms with Crippen molar-refractivity contribution in [2.24, 2.45) is 28.9 Å². The molecule has 3 N–H and O–H groups in total. The molecule has 3 unspecified atom stereocenters. The molecule has 5 rings (SSSR count). The van der Waals surface area contributed by atoms with Crippen LogP contribution in [-0.2, 0) is 12.8 Å². The number of primary amides is 1. The van der Waals surface area contributed by atoms with Crippen LogP contribution in [-0.4, -0.2) is 22.9 Å².